The van der Waals surface area contributed by atoms with Crippen molar-refractivity contribution in [2.45, 2.75) is 398 Å². The van der Waals surface area contributed by atoms with Gasteiger partial charge in [-0.3, -0.25) is 9.59 Å². The fourth-order valence-electron chi connectivity index (χ4n) is 10.9. The zero-order valence-corrected chi connectivity index (χ0v) is 51.5. The van der Waals surface area contributed by atoms with Gasteiger partial charge in [0, 0.05) is 12.8 Å². The third-order valence-electron chi connectivity index (χ3n) is 16.2. The Bertz CT molecular complexity index is 1190. The average Bonchev–Trinajstić information content (AvgIpc) is 3.42. The lowest BCUT2D eigenvalue weighted by molar-refractivity contribution is -0.143. The van der Waals surface area contributed by atoms with Crippen LogP contribution in [0.4, 0.5) is 0 Å². The number of esters is 1. The van der Waals surface area contributed by atoms with Gasteiger partial charge in [0.05, 0.1) is 25.4 Å². The molecule has 0 aliphatic rings. The van der Waals surface area contributed by atoms with Crippen molar-refractivity contribution in [3.05, 3.63) is 24.3 Å². The topological polar surface area (TPSA) is 95.9 Å². The fourth-order valence-corrected chi connectivity index (χ4v) is 10.9. The first-order valence-corrected chi connectivity index (χ1v) is 34.6. The lowest BCUT2D eigenvalue weighted by Gasteiger charge is -2.20. The summed E-state index contributed by atoms with van der Waals surface area (Å²) in [6, 6.07) is -0.631. The first-order valence-electron chi connectivity index (χ1n) is 34.6. The van der Waals surface area contributed by atoms with Crippen LogP contribution < -0.4 is 5.32 Å². The molecule has 0 bridgehead atoms. The van der Waals surface area contributed by atoms with Gasteiger partial charge in [-0.25, -0.2) is 0 Å². The summed E-state index contributed by atoms with van der Waals surface area (Å²) in [6.45, 7) is 4.93. The van der Waals surface area contributed by atoms with E-state index in [1.54, 1.807) is 6.08 Å². The van der Waals surface area contributed by atoms with Crippen LogP contribution in [0.3, 0.4) is 0 Å². The van der Waals surface area contributed by atoms with Gasteiger partial charge < -0.3 is 20.3 Å². The molecule has 0 saturated heterocycles. The number of amides is 1. The highest BCUT2D eigenvalue weighted by Crippen LogP contribution is 2.19. The summed E-state index contributed by atoms with van der Waals surface area (Å²) in [7, 11) is 0. The number of aliphatic hydroxyl groups excluding tert-OH is 2. The van der Waals surface area contributed by atoms with Crippen LogP contribution in [-0.4, -0.2) is 47.4 Å². The van der Waals surface area contributed by atoms with E-state index in [-0.39, 0.29) is 18.5 Å². The highest BCUT2D eigenvalue weighted by molar-refractivity contribution is 5.76. The van der Waals surface area contributed by atoms with Crippen molar-refractivity contribution >= 4 is 11.9 Å². The SMILES string of the molecule is CCCCCCCC/C=C\CCCCCCCCCC(=O)OCCCCCCCCCCCCCCCCCCCCCC(=O)NC(CO)C(O)/C=C/CCCCCCCCCCCCCCCCCCCCCCC. The van der Waals surface area contributed by atoms with Gasteiger partial charge in [0.1, 0.15) is 0 Å². The lowest BCUT2D eigenvalue weighted by atomic mass is 10.0. The van der Waals surface area contributed by atoms with E-state index >= 15 is 0 Å². The van der Waals surface area contributed by atoms with E-state index < -0.39 is 12.1 Å². The van der Waals surface area contributed by atoms with Crippen LogP contribution in [0.1, 0.15) is 386 Å². The summed E-state index contributed by atoms with van der Waals surface area (Å²) in [6.07, 6.45) is 82.4. The summed E-state index contributed by atoms with van der Waals surface area (Å²) in [5.41, 5.74) is 0. The van der Waals surface area contributed by atoms with Crippen LogP contribution in [-0.2, 0) is 14.3 Å². The Morgan fingerprint density at radius 3 is 0.934 bits per heavy atom. The van der Waals surface area contributed by atoms with Gasteiger partial charge in [-0.2, -0.15) is 0 Å². The monoisotopic (exact) mass is 1070 g/mol. The first-order chi connectivity index (χ1) is 37.5. The second kappa shape index (κ2) is 65.9. The predicted molar refractivity (Wildman–Crippen MR) is 333 cm³/mol. The number of carbonyl (C=O) groups is 2. The van der Waals surface area contributed by atoms with Crippen LogP contribution in [0.25, 0.3) is 0 Å². The van der Waals surface area contributed by atoms with E-state index in [1.165, 1.54) is 315 Å². The molecule has 6 heteroatoms. The van der Waals surface area contributed by atoms with Gasteiger partial charge in [-0.15, -0.1) is 0 Å². The third-order valence-corrected chi connectivity index (χ3v) is 16.2. The predicted octanol–water partition coefficient (Wildman–Crippen LogP) is 22.1. The summed E-state index contributed by atoms with van der Waals surface area (Å²) in [4.78, 5) is 24.6. The molecule has 0 aromatic heterocycles. The molecule has 450 valence electrons. The molecule has 0 aliphatic heterocycles. The molecule has 6 nitrogen and oxygen atoms in total. The third kappa shape index (κ3) is 61.6. The zero-order valence-electron chi connectivity index (χ0n) is 51.5. The lowest BCUT2D eigenvalue weighted by Crippen LogP contribution is -2.45. The Labute approximate surface area is 475 Å². The number of aliphatic hydroxyl groups is 2. The number of ether oxygens (including phenoxy) is 1. The fraction of sp³-hybridized carbons (Fsp3) is 0.914. The minimum atomic E-state index is -0.848. The minimum absolute atomic E-state index is 0.00596. The molecule has 0 aromatic carbocycles. The number of unbranched alkanes of at least 4 members (excludes halogenated alkanes) is 52. The van der Waals surface area contributed by atoms with E-state index in [2.05, 4.69) is 31.3 Å². The molecule has 0 aliphatic carbocycles. The van der Waals surface area contributed by atoms with Gasteiger partial charge in [-0.1, -0.05) is 340 Å². The number of hydrogen-bond acceptors (Lipinski definition) is 5. The Morgan fingerprint density at radius 2 is 0.618 bits per heavy atom. The van der Waals surface area contributed by atoms with Crippen LogP contribution in [0, 0.1) is 0 Å². The molecular formula is C70H135NO5. The molecule has 3 N–H and O–H groups in total. The van der Waals surface area contributed by atoms with E-state index in [4.69, 9.17) is 4.74 Å². The molecule has 1 amide bonds. The molecule has 0 heterocycles. The summed E-state index contributed by atoms with van der Waals surface area (Å²) >= 11 is 0. The van der Waals surface area contributed by atoms with Crippen molar-refractivity contribution in [1.29, 1.82) is 0 Å². The quantitative estimate of drug-likeness (QED) is 0.0320. The van der Waals surface area contributed by atoms with Crippen LogP contribution >= 0.6 is 0 Å². The van der Waals surface area contributed by atoms with Gasteiger partial charge in [0.25, 0.3) is 0 Å². The molecule has 76 heavy (non-hydrogen) atoms. The minimum Gasteiger partial charge on any atom is -0.466 e. The van der Waals surface area contributed by atoms with Crippen molar-refractivity contribution in [3.63, 3.8) is 0 Å². The Morgan fingerprint density at radius 1 is 0.355 bits per heavy atom. The van der Waals surface area contributed by atoms with Gasteiger partial charge in [0.15, 0.2) is 0 Å². The van der Waals surface area contributed by atoms with Crippen molar-refractivity contribution in [1.82, 2.24) is 5.32 Å². The van der Waals surface area contributed by atoms with E-state index in [9.17, 15) is 19.8 Å². The number of rotatable bonds is 65. The van der Waals surface area contributed by atoms with Gasteiger partial charge >= 0.3 is 5.97 Å². The molecule has 2 unspecified atom stereocenters. The molecular weight excluding hydrogens is 935 g/mol. The molecule has 0 spiro atoms. The summed E-state index contributed by atoms with van der Waals surface area (Å²) < 4.78 is 5.50. The number of nitrogens with one attached hydrogen (secondary N) is 1. The van der Waals surface area contributed by atoms with E-state index in [0.29, 0.717) is 19.4 Å². The summed E-state index contributed by atoms with van der Waals surface area (Å²) in [5.74, 6) is -0.0607. The van der Waals surface area contributed by atoms with Crippen molar-refractivity contribution in [2.75, 3.05) is 13.2 Å². The molecule has 0 aromatic rings. The van der Waals surface area contributed by atoms with Crippen LogP contribution in [0.5, 0.6) is 0 Å². The number of carbonyl (C=O) groups excluding carboxylic acids is 2. The second-order valence-corrected chi connectivity index (χ2v) is 23.9. The molecule has 0 rings (SSSR count). The molecule has 0 saturated carbocycles. The van der Waals surface area contributed by atoms with Crippen molar-refractivity contribution in [2.24, 2.45) is 0 Å². The van der Waals surface area contributed by atoms with Crippen molar-refractivity contribution < 1.29 is 24.5 Å². The second-order valence-electron chi connectivity index (χ2n) is 23.9. The Balaban J connectivity index is 3.42. The maximum absolute atomic E-state index is 12.5. The first kappa shape index (κ1) is 74.3. The highest BCUT2D eigenvalue weighted by Gasteiger charge is 2.18. The maximum atomic E-state index is 12.5. The van der Waals surface area contributed by atoms with E-state index in [0.717, 1.165) is 44.9 Å². The van der Waals surface area contributed by atoms with Crippen LogP contribution in [0.2, 0.25) is 0 Å². The molecule has 0 radical (unpaired) electrons. The normalized spacial score (nSPS) is 12.6. The summed E-state index contributed by atoms with van der Waals surface area (Å²) in [5, 5.41) is 23.3. The van der Waals surface area contributed by atoms with E-state index in [1.807, 2.05) is 6.08 Å². The zero-order chi connectivity index (χ0) is 55.0. The van der Waals surface area contributed by atoms with Gasteiger partial charge in [0.2, 0.25) is 5.91 Å². The average molecular weight is 1070 g/mol. The standard InChI is InChI=1S/C70H135NO5/c1-3-5-7-9-11-13-15-17-19-21-22-23-24-25-27-31-34-38-42-46-50-54-58-62-68(73)67(66-72)71-69(74)63-59-55-51-47-43-39-35-32-28-26-29-33-37-41-45-49-53-57-61-65-76-70(75)64-60-56-52-48-44-40-36-30-20-18-16-14-12-10-8-6-4-2/h18,20,58,62,67-68,72-73H,3-17,19,21-57,59-61,63-66H2,1-2H3,(H,71,74)/b20-18-,62-58+. The molecule has 2 atom stereocenters. The van der Waals surface area contributed by atoms with Gasteiger partial charge in [-0.05, 0) is 57.8 Å². The highest BCUT2D eigenvalue weighted by atomic mass is 16.5. The Kier molecular flexibility index (Phi) is 64.4. The Hall–Kier alpha value is -1.66. The maximum Gasteiger partial charge on any atom is 0.305 e. The largest absolute Gasteiger partial charge is 0.466 e. The molecule has 0 fully saturated rings. The number of allylic oxidation sites excluding steroid dienone is 3. The number of hydrogen-bond donors (Lipinski definition) is 3. The smallest absolute Gasteiger partial charge is 0.305 e. The van der Waals surface area contributed by atoms with Crippen LogP contribution in [0.15, 0.2) is 24.3 Å². The van der Waals surface area contributed by atoms with Crippen molar-refractivity contribution in [3.8, 4) is 0 Å².